The number of anilines is 2. The van der Waals surface area contributed by atoms with E-state index in [-0.39, 0.29) is 33.7 Å². The molecule has 0 unspecified atom stereocenters. The third kappa shape index (κ3) is 16.1. The van der Waals surface area contributed by atoms with Crippen LogP contribution in [0.25, 0.3) is 0 Å². The molecule has 1 aliphatic heterocycles. The molecule has 2 aliphatic rings. The van der Waals surface area contributed by atoms with Crippen LogP contribution in [0.5, 0.6) is 23.0 Å². The molecule has 1 heterocycles. The van der Waals surface area contributed by atoms with Gasteiger partial charge in [-0.15, -0.1) is 0 Å². The van der Waals surface area contributed by atoms with Crippen molar-refractivity contribution >= 4 is 89.6 Å². The second kappa shape index (κ2) is 28.3. The Hall–Kier alpha value is -9.91. The zero-order valence-electron chi connectivity index (χ0n) is 48.1. The number of fused-ring (bicyclic) bond motifs is 6. The molecule has 464 valence electrons. The summed E-state index contributed by atoms with van der Waals surface area (Å²) in [4.78, 5) is 141. The largest absolute Gasteiger partial charge is 0.492 e. The van der Waals surface area contributed by atoms with Crippen molar-refractivity contribution in [2.24, 2.45) is 0 Å². The van der Waals surface area contributed by atoms with E-state index < -0.39 is 202 Å². The standard InChI is InChI=1S/C56H57BF2N2O26/c1-28-10-11-42(60(20-47(68)81-24-77-29(2)62)21-48(69)82-25-78-30(3)63)46(14-28)75-12-13-76-53-43(61(22-49(70)83-26-79-31(4)64)23-50(71)84-27-80-32(5)65)15-35-51(52(53)57(73)74)56(87-54(35)72)38-16-40(58)44(85-33(6)66)18-36(38)55(8,9)37-19-45(86-34(7)67)41(59)17-39(37)56/h10-11,14-19,73-74H,12-13,20-27H2,1-9H3. The summed E-state index contributed by atoms with van der Waals surface area (Å²) >= 11 is 0. The summed E-state index contributed by atoms with van der Waals surface area (Å²) in [7, 11) is -2.84. The van der Waals surface area contributed by atoms with Crippen LogP contribution in [0.2, 0.25) is 0 Å². The summed E-state index contributed by atoms with van der Waals surface area (Å²) in [5.41, 5.74) is -6.80. The quantitative estimate of drug-likeness (QED) is 0.0227. The Kier molecular flexibility index (Phi) is 21.6. The van der Waals surface area contributed by atoms with Gasteiger partial charge in [-0.1, -0.05) is 19.9 Å². The Morgan fingerprint density at radius 3 is 1.31 bits per heavy atom. The molecule has 2 N–H and O–H groups in total. The highest BCUT2D eigenvalue weighted by Crippen LogP contribution is 2.59. The van der Waals surface area contributed by atoms with Gasteiger partial charge in [0.1, 0.15) is 50.9 Å². The number of esters is 11. The van der Waals surface area contributed by atoms with E-state index >= 15 is 8.78 Å². The number of benzene rings is 4. The smallest absolute Gasteiger partial charge is 0.488 e. The summed E-state index contributed by atoms with van der Waals surface area (Å²) in [5, 5.41) is 23.6. The summed E-state index contributed by atoms with van der Waals surface area (Å²) in [6.45, 7) is 2.48. The van der Waals surface area contributed by atoms with Crippen LogP contribution in [0.3, 0.4) is 0 Å². The van der Waals surface area contributed by atoms with Gasteiger partial charge in [0.15, 0.2) is 28.7 Å². The first kappa shape index (κ1) is 66.2. The first-order chi connectivity index (χ1) is 40.9. The van der Waals surface area contributed by atoms with Crippen molar-refractivity contribution in [3.8, 4) is 23.0 Å². The number of rotatable bonds is 26. The summed E-state index contributed by atoms with van der Waals surface area (Å²) in [6, 6.07) is 9.20. The Balaban J connectivity index is 1.59. The lowest BCUT2D eigenvalue weighted by Gasteiger charge is -2.45. The fourth-order valence-corrected chi connectivity index (χ4v) is 9.21. The molecule has 28 nitrogen and oxygen atoms in total. The molecule has 87 heavy (non-hydrogen) atoms. The third-order valence-corrected chi connectivity index (χ3v) is 12.7. The van der Waals surface area contributed by atoms with Crippen molar-refractivity contribution < 1.29 is 133 Å². The molecule has 0 saturated heterocycles. The molecule has 0 aromatic heterocycles. The van der Waals surface area contributed by atoms with Crippen molar-refractivity contribution in [1.82, 2.24) is 0 Å². The Morgan fingerprint density at radius 1 is 0.517 bits per heavy atom. The molecule has 0 amide bonds. The van der Waals surface area contributed by atoms with E-state index in [1.165, 1.54) is 12.1 Å². The van der Waals surface area contributed by atoms with Gasteiger partial charge in [0.05, 0.1) is 16.9 Å². The molecule has 4 aromatic carbocycles. The highest BCUT2D eigenvalue weighted by molar-refractivity contribution is 6.61. The topological polar surface area (TPSA) is 355 Å². The highest BCUT2D eigenvalue weighted by Gasteiger charge is 2.59. The zero-order chi connectivity index (χ0) is 64.2. The zero-order valence-corrected chi connectivity index (χ0v) is 48.1. The SMILES string of the molecule is CC(=O)OCOC(=O)CN(CC(=O)OCOC(C)=O)c1ccc(C)cc1OCCOc1c(N(CC(=O)OCOC(C)=O)CC(=O)OCOC(C)=O)cc2c(c1B(O)O)C1(OC2=O)c2cc(F)c(OC(C)=O)cc2C(C)(C)c2cc(OC(C)=O)c(F)cc21. The molecule has 1 aliphatic carbocycles. The van der Waals surface area contributed by atoms with E-state index in [0.29, 0.717) is 5.56 Å². The van der Waals surface area contributed by atoms with Crippen molar-refractivity contribution in [1.29, 1.82) is 0 Å². The van der Waals surface area contributed by atoms with Gasteiger partial charge in [-0.05, 0) is 66.1 Å². The van der Waals surface area contributed by atoms with Crippen molar-refractivity contribution in [2.45, 2.75) is 73.3 Å². The first-order valence-electron chi connectivity index (χ1n) is 25.8. The Bertz CT molecular complexity index is 3280. The number of hydrogen-bond donors (Lipinski definition) is 2. The van der Waals surface area contributed by atoms with Gasteiger partial charge in [0.2, 0.25) is 27.2 Å². The van der Waals surface area contributed by atoms with Crippen molar-refractivity contribution in [3.05, 3.63) is 99.1 Å². The van der Waals surface area contributed by atoms with E-state index in [1.54, 1.807) is 26.8 Å². The fraction of sp³-hybridized carbons (Fsp3) is 0.375. The maximum atomic E-state index is 16.6. The van der Waals surface area contributed by atoms with E-state index in [1.807, 2.05) is 0 Å². The molecule has 0 saturated carbocycles. The van der Waals surface area contributed by atoms with Gasteiger partial charge in [-0.2, -0.15) is 0 Å². The number of halogens is 2. The summed E-state index contributed by atoms with van der Waals surface area (Å²) in [5.74, 6) is -15.7. The van der Waals surface area contributed by atoms with E-state index in [0.717, 1.165) is 81.7 Å². The minimum absolute atomic E-state index is 0.00760. The molecule has 0 radical (unpaired) electrons. The number of carbonyl (C=O) groups excluding carboxylic acids is 11. The predicted octanol–water partition coefficient (Wildman–Crippen LogP) is 2.23. The minimum atomic E-state index is -2.84. The first-order valence-corrected chi connectivity index (χ1v) is 25.8. The van der Waals surface area contributed by atoms with Gasteiger partial charge in [0, 0.05) is 69.1 Å². The van der Waals surface area contributed by atoms with E-state index in [9.17, 15) is 62.8 Å². The number of carbonyl (C=O) groups is 11. The van der Waals surface area contributed by atoms with Crippen LogP contribution in [0, 0.1) is 18.6 Å². The average Bonchev–Trinajstić information content (AvgIpc) is 1.64. The van der Waals surface area contributed by atoms with Gasteiger partial charge >= 0.3 is 72.8 Å². The van der Waals surface area contributed by atoms with Crippen LogP contribution in [0.15, 0.2) is 48.5 Å². The Labute approximate surface area is 493 Å². The minimum Gasteiger partial charge on any atom is -0.488 e. The molecule has 6 rings (SSSR count). The van der Waals surface area contributed by atoms with Crippen LogP contribution in [-0.4, -0.2) is 149 Å². The Morgan fingerprint density at radius 2 is 0.920 bits per heavy atom. The van der Waals surface area contributed by atoms with Gasteiger partial charge in [-0.25, -0.2) is 13.6 Å². The second-order valence-electron chi connectivity index (χ2n) is 19.4. The normalized spacial score (nSPS) is 12.7. The molecular formula is C56H57BF2N2O26. The van der Waals surface area contributed by atoms with Gasteiger partial charge < -0.3 is 81.4 Å². The van der Waals surface area contributed by atoms with Gasteiger partial charge in [-0.3, -0.25) is 47.9 Å². The highest BCUT2D eigenvalue weighted by atomic mass is 19.1. The molecule has 4 aromatic rings. The van der Waals surface area contributed by atoms with Crippen LogP contribution in [-0.2, 0) is 102 Å². The van der Waals surface area contributed by atoms with Crippen LogP contribution >= 0.6 is 0 Å². The number of nitrogens with zero attached hydrogens (tertiary/aromatic N) is 2. The van der Waals surface area contributed by atoms with Crippen LogP contribution < -0.4 is 34.2 Å². The fourth-order valence-electron chi connectivity index (χ4n) is 9.21. The molecular weight excluding hydrogens is 1170 g/mol. The molecule has 0 bridgehead atoms. The lowest BCUT2D eigenvalue weighted by molar-refractivity contribution is -0.167. The summed E-state index contributed by atoms with van der Waals surface area (Å²) < 4.78 is 101. The third-order valence-electron chi connectivity index (χ3n) is 12.7. The van der Waals surface area contributed by atoms with E-state index in [2.05, 4.69) is 0 Å². The predicted molar refractivity (Wildman–Crippen MR) is 287 cm³/mol. The van der Waals surface area contributed by atoms with Crippen LogP contribution in [0.1, 0.15) is 99.1 Å². The molecule has 0 atom stereocenters. The molecule has 31 heteroatoms. The average molecular weight is 1220 g/mol. The second-order valence-corrected chi connectivity index (χ2v) is 19.4. The molecule has 1 spiro atoms. The van der Waals surface area contributed by atoms with Crippen molar-refractivity contribution in [2.75, 3.05) is 76.4 Å². The lowest BCUT2D eigenvalue weighted by Crippen LogP contribution is -2.47. The van der Waals surface area contributed by atoms with E-state index in [4.69, 9.17) is 61.6 Å². The van der Waals surface area contributed by atoms with Crippen molar-refractivity contribution in [3.63, 3.8) is 0 Å². The molecule has 0 fully saturated rings. The summed E-state index contributed by atoms with van der Waals surface area (Å²) in [6.07, 6.45) is 0. The number of hydrogen-bond acceptors (Lipinski definition) is 28. The van der Waals surface area contributed by atoms with Gasteiger partial charge in [0.25, 0.3) is 0 Å². The maximum Gasteiger partial charge on any atom is 0.492 e. The van der Waals surface area contributed by atoms with Crippen LogP contribution in [0.4, 0.5) is 20.2 Å². The lowest BCUT2D eigenvalue weighted by atomic mass is 9.59. The number of aryl methyl sites for hydroxylation is 1. The monoisotopic (exact) mass is 1220 g/mol. The number of ether oxygens (including phenoxy) is 13. The maximum absolute atomic E-state index is 16.6.